The first-order valence-corrected chi connectivity index (χ1v) is 6.55. The molecule has 0 saturated carbocycles. The third kappa shape index (κ3) is 5.18. The number of nitrogen functional groups attached to an aromatic ring is 1. The van der Waals surface area contributed by atoms with Gasteiger partial charge in [0, 0.05) is 24.1 Å². The lowest BCUT2D eigenvalue weighted by atomic mass is 9.98. The summed E-state index contributed by atoms with van der Waals surface area (Å²) in [5.74, 6) is 0.752. The number of aromatic nitrogens is 1. The molecule has 1 aromatic heterocycles. The van der Waals surface area contributed by atoms with E-state index in [1.165, 1.54) is 12.8 Å². The molecule has 17 heavy (non-hydrogen) atoms. The Bertz CT molecular complexity index is 323. The number of likely N-dealkylation sites (N-methyl/N-ethyl adjacent to an activating group) is 1. The number of nitrogens with zero attached hydrogens (tertiary/aromatic N) is 1. The summed E-state index contributed by atoms with van der Waals surface area (Å²) in [7, 11) is 0. The van der Waals surface area contributed by atoms with E-state index >= 15 is 0 Å². The second kappa shape index (κ2) is 7.28. The maximum Gasteiger partial charge on any atom is 0.0378 e. The summed E-state index contributed by atoms with van der Waals surface area (Å²) in [5, 5.41) is 3.53. The lowest BCUT2D eigenvalue weighted by molar-refractivity contribution is 0.435. The smallest absolute Gasteiger partial charge is 0.0378 e. The molecule has 1 atom stereocenters. The Kier molecular flexibility index (Phi) is 5.98. The third-order valence-electron chi connectivity index (χ3n) is 2.99. The molecule has 1 aromatic rings. The zero-order chi connectivity index (χ0) is 12.7. The van der Waals surface area contributed by atoms with Gasteiger partial charge in [0.25, 0.3) is 0 Å². The third-order valence-corrected chi connectivity index (χ3v) is 2.99. The fraction of sp³-hybridized carbons (Fsp3) is 0.643. The molecule has 1 unspecified atom stereocenters. The molecule has 96 valence electrons. The first-order valence-electron chi connectivity index (χ1n) is 6.55. The van der Waals surface area contributed by atoms with Gasteiger partial charge in [0.15, 0.2) is 0 Å². The molecule has 1 rings (SSSR count). The van der Waals surface area contributed by atoms with Crippen molar-refractivity contribution in [2.45, 2.75) is 46.1 Å². The van der Waals surface area contributed by atoms with Gasteiger partial charge in [0.05, 0.1) is 0 Å². The van der Waals surface area contributed by atoms with Crippen LogP contribution in [0, 0.1) is 5.92 Å². The highest BCUT2D eigenvalue weighted by Crippen LogP contribution is 2.15. The summed E-state index contributed by atoms with van der Waals surface area (Å²) in [5.41, 5.74) is 7.96. The Balaban J connectivity index is 2.56. The van der Waals surface area contributed by atoms with Crippen LogP contribution in [0.15, 0.2) is 18.5 Å². The van der Waals surface area contributed by atoms with Crippen LogP contribution >= 0.6 is 0 Å². The minimum atomic E-state index is 0.508. The van der Waals surface area contributed by atoms with Gasteiger partial charge < -0.3 is 11.1 Å². The van der Waals surface area contributed by atoms with Gasteiger partial charge in [-0.15, -0.1) is 0 Å². The number of nitrogens with one attached hydrogen (secondary N) is 1. The lowest BCUT2D eigenvalue weighted by Gasteiger charge is -2.19. The monoisotopic (exact) mass is 235 g/mol. The molecule has 0 aliphatic rings. The number of hydrogen-bond donors (Lipinski definition) is 2. The van der Waals surface area contributed by atoms with E-state index in [1.54, 1.807) is 6.20 Å². The second-order valence-electron chi connectivity index (χ2n) is 5.00. The highest BCUT2D eigenvalue weighted by Gasteiger charge is 2.11. The van der Waals surface area contributed by atoms with Crippen molar-refractivity contribution in [1.29, 1.82) is 0 Å². The summed E-state index contributed by atoms with van der Waals surface area (Å²) in [6.45, 7) is 7.68. The van der Waals surface area contributed by atoms with Crippen molar-refractivity contribution < 1.29 is 0 Å². The van der Waals surface area contributed by atoms with Crippen molar-refractivity contribution in [1.82, 2.24) is 10.3 Å². The summed E-state index contributed by atoms with van der Waals surface area (Å²) < 4.78 is 0. The second-order valence-corrected chi connectivity index (χ2v) is 5.00. The first kappa shape index (κ1) is 14.0. The van der Waals surface area contributed by atoms with Gasteiger partial charge in [-0.2, -0.15) is 0 Å². The maximum atomic E-state index is 5.95. The van der Waals surface area contributed by atoms with Crippen molar-refractivity contribution in [3.05, 3.63) is 24.0 Å². The minimum absolute atomic E-state index is 0.508. The van der Waals surface area contributed by atoms with Crippen molar-refractivity contribution in [2.24, 2.45) is 5.92 Å². The summed E-state index contributed by atoms with van der Waals surface area (Å²) in [4.78, 5) is 4.15. The molecule has 3 N–H and O–H groups in total. The highest BCUT2D eigenvalue weighted by atomic mass is 14.9. The van der Waals surface area contributed by atoms with Gasteiger partial charge in [0.2, 0.25) is 0 Å². The van der Waals surface area contributed by atoms with Gasteiger partial charge in [-0.3, -0.25) is 4.98 Å². The molecular weight excluding hydrogens is 210 g/mol. The molecular formula is C14H25N3. The molecule has 0 bridgehead atoms. The molecule has 0 spiro atoms. The SMILES string of the molecule is CCNC(CCC(C)C)Cc1cnccc1N. The van der Waals surface area contributed by atoms with Crippen LogP contribution in [0.25, 0.3) is 0 Å². The maximum absolute atomic E-state index is 5.95. The number of pyridine rings is 1. The van der Waals surface area contributed by atoms with Gasteiger partial charge in [-0.05, 0) is 43.4 Å². The molecule has 0 aromatic carbocycles. The lowest BCUT2D eigenvalue weighted by Crippen LogP contribution is -2.31. The molecule has 0 fully saturated rings. The molecule has 3 heteroatoms. The predicted octanol–water partition coefficient (Wildman–Crippen LogP) is 2.62. The molecule has 1 heterocycles. The van der Waals surface area contributed by atoms with Gasteiger partial charge in [-0.25, -0.2) is 0 Å². The topological polar surface area (TPSA) is 50.9 Å². The molecule has 0 radical (unpaired) electrons. The fourth-order valence-electron chi connectivity index (χ4n) is 1.97. The number of anilines is 1. The van der Waals surface area contributed by atoms with Crippen molar-refractivity contribution in [2.75, 3.05) is 12.3 Å². The zero-order valence-corrected chi connectivity index (χ0v) is 11.2. The van der Waals surface area contributed by atoms with E-state index < -0.39 is 0 Å². The van der Waals surface area contributed by atoms with Crippen molar-refractivity contribution in [3.8, 4) is 0 Å². The van der Waals surface area contributed by atoms with E-state index in [0.717, 1.165) is 30.1 Å². The van der Waals surface area contributed by atoms with Crippen LogP contribution < -0.4 is 11.1 Å². The first-order chi connectivity index (χ1) is 8.13. The Morgan fingerprint density at radius 3 is 2.71 bits per heavy atom. The summed E-state index contributed by atoms with van der Waals surface area (Å²) in [6.07, 6.45) is 7.04. The standard InChI is InChI=1S/C14H25N3/c1-4-17-13(6-5-11(2)3)9-12-10-16-8-7-14(12)15/h7-8,10-11,13,17H,4-6,9H2,1-3H3,(H2,15,16). The Morgan fingerprint density at radius 2 is 2.12 bits per heavy atom. The highest BCUT2D eigenvalue weighted by molar-refractivity contribution is 5.44. The Labute approximate surface area is 105 Å². The molecule has 0 aliphatic carbocycles. The average molecular weight is 235 g/mol. The molecule has 0 aliphatic heterocycles. The van der Waals surface area contributed by atoms with E-state index in [0.29, 0.717) is 6.04 Å². The molecule has 0 amide bonds. The number of rotatable bonds is 7. The van der Waals surface area contributed by atoms with E-state index in [1.807, 2.05) is 12.3 Å². The zero-order valence-electron chi connectivity index (χ0n) is 11.2. The van der Waals surface area contributed by atoms with Crippen LogP contribution in [0.2, 0.25) is 0 Å². The van der Waals surface area contributed by atoms with Crippen molar-refractivity contribution in [3.63, 3.8) is 0 Å². The quantitative estimate of drug-likeness (QED) is 0.764. The number of nitrogens with two attached hydrogens (primary N) is 1. The van der Waals surface area contributed by atoms with Crippen LogP contribution in [0.4, 0.5) is 5.69 Å². The fourth-order valence-corrected chi connectivity index (χ4v) is 1.97. The summed E-state index contributed by atoms with van der Waals surface area (Å²) >= 11 is 0. The Hall–Kier alpha value is -1.09. The van der Waals surface area contributed by atoms with E-state index in [4.69, 9.17) is 5.73 Å². The molecule has 0 saturated heterocycles. The van der Waals surface area contributed by atoms with Crippen LogP contribution in [0.3, 0.4) is 0 Å². The van der Waals surface area contributed by atoms with Crippen LogP contribution in [0.5, 0.6) is 0 Å². The summed E-state index contributed by atoms with van der Waals surface area (Å²) in [6, 6.07) is 2.38. The van der Waals surface area contributed by atoms with Gasteiger partial charge in [0.1, 0.15) is 0 Å². The largest absolute Gasteiger partial charge is 0.398 e. The average Bonchev–Trinajstić information content (AvgIpc) is 2.29. The van der Waals surface area contributed by atoms with Gasteiger partial charge in [-0.1, -0.05) is 20.8 Å². The predicted molar refractivity (Wildman–Crippen MR) is 73.9 cm³/mol. The van der Waals surface area contributed by atoms with Crippen molar-refractivity contribution >= 4 is 5.69 Å². The van der Waals surface area contributed by atoms with Gasteiger partial charge >= 0.3 is 0 Å². The van der Waals surface area contributed by atoms with Crippen LogP contribution in [-0.4, -0.2) is 17.6 Å². The van der Waals surface area contributed by atoms with Crippen LogP contribution in [-0.2, 0) is 6.42 Å². The number of hydrogen-bond acceptors (Lipinski definition) is 3. The van der Waals surface area contributed by atoms with E-state index in [-0.39, 0.29) is 0 Å². The Morgan fingerprint density at radius 1 is 1.35 bits per heavy atom. The van der Waals surface area contributed by atoms with Crippen LogP contribution in [0.1, 0.15) is 39.2 Å². The minimum Gasteiger partial charge on any atom is -0.398 e. The van der Waals surface area contributed by atoms with E-state index in [9.17, 15) is 0 Å². The normalized spacial score (nSPS) is 12.9. The van der Waals surface area contributed by atoms with E-state index in [2.05, 4.69) is 31.1 Å². The molecule has 3 nitrogen and oxygen atoms in total.